The normalized spacial score (nSPS) is 10.3. The first kappa shape index (κ1) is 11.9. The van der Waals surface area contributed by atoms with E-state index in [2.05, 4.69) is 48.7 Å². The average molecular weight is 323 g/mol. The molecular formula is C9H13Br2N3. The van der Waals surface area contributed by atoms with Crippen molar-refractivity contribution in [2.24, 2.45) is 5.73 Å². The van der Waals surface area contributed by atoms with Crippen LogP contribution < -0.4 is 10.6 Å². The van der Waals surface area contributed by atoms with Gasteiger partial charge >= 0.3 is 0 Å². The van der Waals surface area contributed by atoms with E-state index in [4.69, 9.17) is 5.73 Å². The minimum absolute atomic E-state index is 0.637. The number of pyridine rings is 1. The van der Waals surface area contributed by atoms with Gasteiger partial charge in [0.25, 0.3) is 0 Å². The largest absolute Gasteiger partial charge is 0.355 e. The second-order valence-electron chi connectivity index (χ2n) is 2.83. The van der Waals surface area contributed by atoms with E-state index in [9.17, 15) is 0 Å². The van der Waals surface area contributed by atoms with Crippen LogP contribution in [0.4, 0.5) is 5.82 Å². The highest BCUT2D eigenvalue weighted by atomic mass is 79.9. The topological polar surface area (TPSA) is 42.1 Å². The Labute approximate surface area is 101 Å². The molecule has 0 atom stereocenters. The van der Waals surface area contributed by atoms with E-state index in [0.717, 1.165) is 27.9 Å². The summed E-state index contributed by atoms with van der Waals surface area (Å²) < 4.78 is 1.96. The molecule has 0 saturated heterocycles. The summed E-state index contributed by atoms with van der Waals surface area (Å²) in [6.45, 7) is 4.46. The van der Waals surface area contributed by atoms with Crippen LogP contribution in [0.5, 0.6) is 0 Å². The van der Waals surface area contributed by atoms with Gasteiger partial charge in [-0.15, -0.1) is 0 Å². The van der Waals surface area contributed by atoms with Gasteiger partial charge in [-0.25, -0.2) is 4.98 Å². The van der Waals surface area contributed by atoms with Crippen LogP contribution in [0, 0.1) is 0 Å². The molecule has 1 aromatic rings. The Kier molecular flexibility index (Phi) is 4.84. The number of nitrogens with two attached hydrogens (primary N) is 1. The quantitative estimate of drug-likeness (QED) is 0.925. The van der Waals surface area contributed by atoms with Crippen LogP contribution in [0.25, 0.3) is 0 Å². The monoisotopic (exact) mass is 321 g/mol. The van der Waals surface area contributed by atoms with Gasteiger partial charge in [-0.1, -0.05) is 0 Å². The van der Waals surface area contributed by atoms with Gasteiger partial charge in [0, 0.05) is 30.3 Å². The van der Waals surface area contributed by atoms with Crippen LogP contribution in [-0.2, 0) is 0 Å². The lowest BCUT2D eigenvalue weighted by atomic mass is 10.4. The third-order valence-electron chi connectivity index (χ3n) is 1.87. The first-order valence-corrected chi connectivity index (χ1v) is 6.03. The first-order chi connectivity index (χ1) is 6.69. The Balaban J connectivity index is 2.92. The third kappa shape index (κ3) is 2.93. The molecule has 0 saturated carbocycles. The van der Waals surface area contributed by atoms with Crippen molar-refractivity contribution in [3.63, 3.8) is 0 Å². The van der Waals surface area contributed by atoms with Gasteiger partial charge in [-0.05, 0) is 44.8 Å². The van der Waals surface area contributed by atoms with E-state index in [1.54, 1.807) is 6.20 Å². The van der Waals surface area contributed by atoms with E-state index >= 15 is 0 Å². The molecule has 1 aromatic heterocycles. The summed E-state index contributed by atoms with van der Waals surface area (Å²) >= 11 is 6.85. The number of likely N-dealkylation sites (N-methyl/N-ethyl adjacent to an activating group) is 1. The number of halogens is 2. The number of hydrogen-bond acceptors (Lipinski definition) is 3. The highest BCUT2D eigenvalue weighted by Crippen LogP contribution is 2.26. The molecule has 3 nitrogen and oxygen atoms in total. The molecule has 0 aliphatic rings. The van der Waals surface area contributed by atoms with Crippen molar-refractivity contribution in [3.8, 4) is 0 Å². The summed E-state index contributed by atoms with van der Waals surface area (Å²) in [5.74, 6) is 0.946. The van der Waals surface area contributed by atoms with Gasteiger partial charge in [0.05, 0.1) is 4.47 Å². The smallest absolute Gasteiger partial charge is 0.142 e. The van der Waals surface area contributed by atoms with Crippen LogP contribution in [0.1, 0.15) is 6.92 Å². The molecule has 1 rings (SSSR count). The summed E-state index contributed by atoms with van der Waals surface area (Å²) in [6.07, 6.45) is 1.79. The lowest BCUT2D eigenvalue weighted by Crippen LogP contribution is -2.30. The molecule has 0 spiro atoms. The molecule has 14 heavy (non-hydrogen) atoms. The fourth-order valence-electron chi connectivity index (χ4n) is 1.21. The fraction of sp³-hybridized carbons (Fsp3) is 0.444. The molecule has 0 aliphatic heterocycles. The minimum Gasteiger partial charge on any atom is -0.355 e. The van der Waals surface area contributed by atoms with Crippen molar-refractivity contribution in [2.45, 2.75) is 6.92 Å². The maximum absolute atomic E-state index is 5.53. The van der Waals surface area contributed by atoms with Crippen molar-refractivity contribution in [1.29, 1.82) is 0 Å². The zero-order valence-corrected chi connectivity index (χ0v) is 11.2. The fourth-order valence-corrected chi connectivity index (χ4v) is 2.45. The van der Waals surface area contributed by atoms with Gasteiger partial charge in [-0.3, -0.25) is 0 Å². The highest BCUT2D eigenvalue weighted by Gasteiger charge is 2.08. The predicted octanol–water partition coefficient (Wildman–Crippen LogP) is 2.39. The van der Waals surface area contributed by atoms with E-state index in [1.165, 1.54) is 0 Å². The van der Waals surface area contributed by atoms with Crippen LogP contribution in [0.3, 0.4) is 0 Å². The Morgan fingerprint density at radius 1 is 1.50 bits per heavy atom. The van der Waals surface area contributed by atoms with Crippen LogP contribution in [-0.4, -0.2) is 24.6 Å². The van der Waals surface area contributed by atoms with Crippen molar-refractivity contribution in [2.75, 3.05) is 24.5 Å². The second kappa shape index (κ2) is 5.68. The second-order valence-corrected chi connectivity index (χ2v) is 4.60. The number of anilines is 1. The Hall–Kier alpha value is -0.130. The molecule has 1 heterocycles. The molecule has 0 radical (unpaired) electrons. The summed E-state index contributed by atoms with van der Waals surface area (Å²) in [6, 6.07) is 1.99. The first-order valence-electron chi connectivity index (χ1n) is 4.45. The zero-order chi connectivity index (χ0) is 10.6. The van der Waals surface area contributed by atoms with Gasteiger partial charge in [0.1, 0.15) is 5.82 Å². The van der Waals surface area contributed by atoms with E-state index in [0.29, 0.717) is 6.54 Å². The Morgan fingerprint density at radius 3 is 2.71 bits per heavy atom. The lowest BCUT2D eigenvalue weighted by molar-refractivity contribution is 0.799. The Bertz CT molecular complexity index is 304. The molecule has 0 bridgehead atoms. The Morgan fingerprint density at radius 2 is 2.21 bits per heavy atom. The maximum atomic E-state index is 5.53. The van der Waals surface area contributed by atoms with Gasteiger partial charge in [-0.2, -0.15) is 0 Å². The number of nitrogens with zero attached hydrogens (tertiary/aromatic N) is 2. The molecule has 0 aliphatic carbocycles. The summed E-state index contributed by atoms with van der Waals surface area (Å²) in [5, 5.41) is 0. The summed E-state index contributed by atoms with van der Waals surface area (Å²) in [7, 11) is 0. The van der Waals surface area contributed by atoms with Gasteiger partial charge < -0.3 is 10.6 Å². The lowest BCUT2D eigenvalue weighted by Gasteiger charge is -2.22. The summed E-state index contributed by atoms with van der Waals surface area (Å²) in [5.41, 5.74) is 5.53. The highest BCUT2D eigenvalue weighted by molar-refractivity contribution is 9.11. The van der Waals surface area contributed by atoms with Crippen molar-refractivity contribution in [1.82, 2.24) is 4.98 Å². The summed E-state index contributed by atoms with van der Waals surface area (Å²) in [4.78, 5) is 6.48. The van der Waals surface area contributed by atoms with E-state index in [1.807, 2.05) is 6.07 Å². The molecule has 78 valence electrons. The number of aromatic nitrogens is 1. The third-order valence-corrected chi connectivity index (χ3v) is 2.89. The van der Waals surface area contributed by atoms with E-state index < -0.39 is 0 Å². The van der Waals surface area contributed by atoms with Crippen molar-refractivity contribution in [3.05, 3.63) is 21.2 Å². The number of rotatable bonds is 4. The molecule has 2 N–H and O–H groups in total. The molecule has 0 fully saturated rings. The predicted molar refractivity (Wildman–Crippen MR) is 66.6 cm³/mol. The van der Waals surface area contributed by atoms with Crippen LogP contribution >= 0.6 is 31.9 Å². The maximum Gasteiger partial charge on any atom is 0.142 e. The average Bonchev–Trinajstić information content (AvgIpc) is 2.15. The minimum atomic E-state index is 0.637. The van der Waals surface area contributed by atoms with Gasteiger partial charge in [0.15, 0.2) is 0 Å². The van der Waals surface area contributed by atoms with Crippen LogP contribution in [0.15, 0.2) is 21.2 Å². The molecule has 0 unspecified atom stereocenters. The van der Waals surface area contributed by atoms with E-state index in [-0.39, 0.29) is 0 Å². The van der Waals surface area contributed by atoms with Gasteiger partial charge in [0.2, 0.25) is 0 Å². The SMILES string of the molecule is CCN(CCN)c1ncc(Br)cc1Br. The molecule has 0 amide bonds. The van der Waals surface area contributed by atoms with Crippen LogP contribution in [0.2, 0.25) is 0 Å². The van der Waals surface area contributed by atoms with Crippen molar-refractivity contribution < 1.29 is 0 Å². The molecule has 5 heteroatoms. The molecule has 0 aromatic carbocycles. The molecular weight excluding hydrogens is 310 g/mol. The number of hydrogen-bond donors (Lipinski definition) is 1. The van der Waals surface area contributed by atoms with Crippen molar-refractivity contribution >= 4 is 37.7 Å². The standard InChI is InChI=1S/C9H13Br2N3/c1-2-14(4-3-12)9-8(11)5-7(10)6-13-9/h5-6H,2-4,12H2,1H3. The zero-order valence-electron chi connectivity index (χ0n) is 8.00.